The van der Waals surface area contributed by atoms with Crippen LogP contribution in [0.5, 0.6) is 0 Å². The molecule has 0 amide bonds. The number of nitrogens with two attached hydrogens (primary N) is 1. The first kappa shape index (κ1) is 11.0. The predicted octanol–water partition coefficient (Wildman–Crippen LogP) is 0.352. The Morgan fingerprint density at radius 3 is 2.64 bits per heavy atom. The van der Waals surface area contributed by atoms with Gasteiger partial charge in [0, 0.05) is 6.42 Å². The molecule has 0 aromatic carbocycles. The molecule has 0 saturated carbocycles. The molecule has 0 atom stereocenters. The zero-order chi connectivity index (χ0) is 10.4. The van der Waals surface area contributed by atoms with Gasteiger partial charge in [0.05, 0.1) is 13.2 Å². The molecule has 14 heavy (non-hydrogen) atoms. The number of hydrogen-bond donors (Lipinski definition) is 1. The molecule has 0 spiro atoms. The summed E-state index contributed by atoms with van der Waals surface area (Å²) >= 11 is 0. The lowest BCUT2D eigenvalue weighted by Gasteiger charge is -1.99. The second-order valence-electron chi connectivity index (χ2n) is 2.51. The van der Waals surface area contributed by atoms with E-state index < -0.39 is 13.0 Å². The van der Waals surface area contributed by atoms with E-state index in [0.29, 0.717) is 18.2 Å². The van der Waals surface area contributed by atoms with E-state index in [0.717, 1.165) is 0 Å². The maximum atomic E-state index is 11.6. The summed E-state index contributed by atoms with van der Waals surface area (Å²) < 4.78 is 32.9. The van der Waals surface area contributed by atoms with Crippen LogP contribution in [-0.4, -0.2) is 29.8 Å². The summed E-state index contributed by atoms with van der Waals surface area (Å²) in [5.41, 5.74) is 5.23. The van der Waals surface area contributed by atoms with Crippen molar-refractivity contribution in [2.24, 2.45) is 5.73 Å². The Labute approximate surface area is 79.2 Å². The summed E-state index contributed by atoms with van der Waals surface area (Å²) in [6.07, 6.45) is -2.13. The van der Waals surface area contributed by atoms with Crippen molar-refractivity contribution in [1.82, 2.24) is 10.2 Å². The van der Waals surface area contributed by atoms with E-state index in [1.165, 1.54) is 0 Å². The van der Waals surface area contributed by atoms with Crippen molar-refractivity contribution in [3.8, 4) is 0 Å². The zero-order valence-corrected chi connectivity index (χ0v) is 7.45. The van der Waals surface area contributed by atoms with E-state index in [9.17, 15) is 8.78 Å². The third-order valence-electron chi connectivity index (χ3n) is 1.39. The first-order valence-electron chi connectivity index (χ1n) is 4.09. The first-order valence-corrected chi connectivity index (χ1v) is 4.09. The van der Waals surface area contributed by atoms with Gasteiger partial charge in [0.25, 0.3) is 6.43 Å². The molecule has 2 N–H and O–H groups in total. The van der Waals surface area contributed by atoms with E-state index in [2.05, 4.69) is 14.9 Å². The van der Waals surface area contributed by atoms with Gasteiger partial charge in [-0.3, -0.25) is 0 Å². The standard InChI is InChI=1S/C7H11F2N3O2/c8-5(9)4-13-2-1-6-11-12-7(3-10)14-6/h5H,1-4,10H2. The minimum atomic E-state index is -2.45. The first-order chi connectivity index (χ1) is 6.72. The van der Waals surface area contributed by atoms with Crippen LogP contribution in [0.15, 0.2) is 4.42 Å². The van der Waals surface area contributed by atoms with Crippen molar-refractivity contribution < 1.29 is 17.9 Å². The van der Waals surface area contributed by atoms with E-state index in [1.54, 1.807) is 0 Å². The normalized spacial score (nSPS) is 11.1. The highest BCUT2D eigenvalue weighted by Gasteiger charge is 2.05. The highest BCUT2D eigenvalue weighted by atomic mass is 19.3. The van der Waals surface area contributed by atoms with Gasteiger partial charge < -0.3 is 14.9 Å². The smallest absolute Gasteiger partial charge is 0.261 e. The molecule has 0 unspecified atom stereocenters. The Kier molecular flexibility index (Phi) is 4.41. The number of alkyl halides is 2. The summed E-state index contributed by atoms with van der Waals surface area (Å²) in [6, 6.07) is 0. The summed E-state index contributed by atoms with van der Waals surface area (Å²) in [6.45, 7) is -0.265. The van der Waals surface area contributed by atoms with Crippen LogP contribution in [0.25, 0.3) is 0 Å². The summed E-state index contributed by atoms with van der Waals surface area (Å²) in [4.78, 5) is 0. The van der Waals surface area contributed by atoms with Gasteiger partial charge in [-0.05, 0) is 0 Å². The van der Waals surface area contributed by atoms with Crippen LogP contribution in [0.3, 0.4) is 0 Å². The SMILES string of the molecule is NCc1nnc(CCOCC(F)F)o1. The topological polar surface area (TPSA) is 74.2 Å². The molecule has 0 bridgehead atoms. The Hall–Kier alpha value is -1.08. The molecule has 1 aromatic heterocycles. The molecule has 1 aromatic rings. The largest absolute Gasteiger partial charge is 0.424 e. The van der Waals surface area contributed by atoms with Gasteiger partial charge >= 0.3 is 0 Å². The van der Waals surface area contributed by atoms with Gasteiger partial charge in [0.2, 0.25) is 11.8 Å². The lowest BCUT2D eigenvalue weighted by molar-refractivity contribution is 0.0173. The van der Waals surface area contributed by atoms with Gasteiger partial charge in [-0.2, -0.15) is 0 Å². The average Bonchev–Trinajstić information content (AvgIpc) is 2.60. The molecule has 0 aliphatic carbocycles. The van der Waals surface area contributed by atoms with Crippen LogP contribution in [0, 0.1) is 0 Å². The molecular weight excluding hydrogens is 196 g/mol. The number of halogens is 2. The molecule has 1 heterocycles. The summed E-state index contributed by atoms with van der Waals surface area (Å²) in [7, 11) is 0. The quantitative estimate of drug-likeness (QED) is 0.681. The number of nitrogens with zero attached hydrogens (tertiary/aromatic N) is 2. The fourth-order valence-corrected chi connectivity index (χ4v) is 0.804. The molecular formula is C7H11F2N3O2. The fourth-order valence-electron chi connectivity index (χ4n) is 0.804. The van der Waals surface area contributed by atoms with E-state index >= 15 is 0 Å². The van der Waals surface area contributed by atoms with Crippen molar-refractivity contribution >= 4 is 0 Å². The molecule has 7 heteroatoms. The van der Waals surface area contributed by atoms with Gasteiger partial charge in [-0.25, -0.2) is 8.78 Å². The van der Waals surface area contributed by atoms with Crippen LogP contribution in [0.2, 0.25) is 0 Å². The Morgan fingerprint density at radius 1 is 1.36 bits per heavy atom. The van der Waals surface area contributed by atoms with Gasteiger partial charge in [-0.15, -0.1) is 10.2 Å². The third-order valence-corrected chi connectivity index (χ3v) is 1.39. The molecule has 5 nitrogen and oxygen atoms in total. The lowest BCUT2D eigenvalue weighted by Crippen LogP contribution is -2.07. The predicted molar refractivity (Wildman–Crippen MR) is 42.7 cm³/mol. The van der Waals surface area contributed by atoms with E-state index in [4.69, 9.17) is 10.2 Å². The van der Waals surface area contributed by atoms with Crippen molar-refractivity contribution in [3.05, 3.63) is 11.8 Å². The highest BCUT2D eigenvalue weighted by Crippen LogP contribution is 2.00. The van der Waals surface area contributed by atoms with Crippen LogP contribution >= 0.6 is 0 Å². The van der Waals surface area contributed by atoms with Crippen LogP contribution in [0.4, 0.5) is 8.78 Å². The van der Waals surface area contributed by atoms with E-state index in [1.807, 2.05) is 0 Å². The second-order valence-corrected chi connectivity index (χ2v) is 2.51. The fraction of sp³-hybridized carbons (Fsp3) is 0.714. The number of hydrogen-bond acceptors (Lipinski definition) is 5. The average molecular weight is 207 g/mol. The second kappa shape index (κ2) is 5.61. The van der Waals surface area contributed by atoms with Crippen molar-refractivity contribution in [2.45, 2.75) is 19.4 Å². The molecule has 1 rings (SSSR count). The molecule has 0 aliphatic rings. The van der Waals surface area contributed by atoms with Crippen molar-refractivity contribution in [3.63, 3.8) is 0 Å². The molecule has 0 aliphatic heterocycles. The van der Waals surface area contributed by atoms with Crippen molar-refractivity contribution in [1.29, 1.82) is 0 Å². The van der Waals surface area contributed by atoms with Crippen LogP contribution in [0.1, 0.15) is 11.8 Å². The highest BCUT2D eigenvalue weighted by molar-refractivity contribution is 4.80. The van der Waals surface area contributed by atoms with Gasteiger partial charge in [0.15, 0.2) is 0 Å². The van der Waals surface area contributed by atoms with Crippen LogP contribution in [-0.2, 0) is 17.7 Å². The zero-order valence-electron chi connectivity index (χ0n) is 7.45. The summed E-state index contributed by atoms with van der Waals surface area (Å²) in [5, 5.41) is 7.24. The Morgan fingerprint density at radius 2 is 2.07 bits per heavy atom. The maximum Gasteiger partial charge on any atom is 0.261 e. The monoisotopic (exact) mass is 207 g/mol. The number of ether oxygens (including phenoxy) is 1. The number of aromatic nitrogens is 2. The summed E-state index contributed by atoms with van der Waals surface area (Å²) in [5.74, 6) is 0.675. The number of rotatable bonds is 6. The third kappa shape index (κ3) is 3.75. The maximum absolute atomic E-state index is 11.6. The molecule has 0 fully saturated rings. The molecule has 0 radical (unpaired) electrons. The minimum absolute atomic E-state index is 0.135. The van der Waals surface area contributed by atoms with Gasteiger partial charge in [0.1, 0.15) is 6.61 Å². The Balaban J connectivity index is 2.18. The van der Waals surface area contributed by atoms with Gasteiger partial charge in [-0.1, -0.05) is 0 Å². The van der Waals surface area contributed by atoms with E-state index in [-0.39, 0.29) is 13.2 Å². The lowest BCUT2D eigenvalue weighted by atomic mass is 10.4. The minimum Gasteiger partial charge on any atom is -0.424 e. The molecule has 80 valence electrons. The molecule has 0 saturated heterocycles. The van der Waals surface area contributed by atoms with Crippen molar-refractivity contribution in [2.75, 3.05) is 13.2 Å². The van der Waals surface area contributed by atoms with Crippen LogP contribution < -0.4 is 5.73 Å². The Bertz CT molecular complexity index is 267.